The molecule has 0 bridgehead atoms. The van der Waals surface area contributed by atoms with Crippen molar-refractivity contribution in [1.29, 1.82) is 0 Å². The van der Waals surface area contributed by atoms with Crippen LogP contribution in [0.2, 0.25) is 0 Å². The fourth-order valence-corrected chi connectivity index (χ4v) is 3.88. The first kappa shape index (κ1) is 17.8. The highest BCUT2D eigenvalue weighted by Gasteiger charge is 2.47. The summed E-state index contributed by atoms with van der Waals surface area (Å²) in [6.45, 7) is 2.67. The van der Waals surface area contributed by atoms with Gasteiger partial charge in [0, 0.05) is 12.6 Å². The minimum atomic E-state index is -0.800. The molecule has 1 aromatic rings. The van der Waals surface area contributed by atoms with Gasteiger partial charge in [-0.25, -0.2) is 4.79 Å². The van der Waals surface area contributed by atoms with E-state index in [-0.39, 0.29) is 18.6 Å². The van der Waals surface area contributed by atoms with Crippen molar-refractivity contribution in [2.24, 2.45) is 0 Å². The van der Waals surface area contributed by atoms with E-state index in [1.54, 1.807) is 4.90 Å². The lowest BCUT2D eigenvalue weighted by molar-refractivity contribution is -0.131. The first-order valence-electron chi connectivity index (χ1n) is 9.39. The SMILES string of the molecule is CC1(C(=O)NC2CCCCC2)CCCN1C(=O)OCc1ccccc1. The van der Waals surface area contributed by atoms with E-state index in [1.165, 1.54) is 19.3 Å². The van der Waals surface area contributed by atoms with Gasteiger partial charge in [0.2, 0.25) is 5.91 Å². The fourth-order valence-electron chi connectivity index (χ4n) is 3.88. The molecule has 5 nitrogen and oxygen atoms in total. The Hall–Kier alpha value is -2.04. The zero-order chi connectivity index (χ0) is 17.7. The van der Waals surface area contributed by atoms with Gasteiger partial charge in [0.05, 0.1) is 0 Å². The standard InChI is InChI=1S/C20H28N2O3/c1-20(18(23)21-17-11-6-3-7-12-17)13-8-14-22(20)19(24)25-15-16-9-4-2-5-10-16/h2,4-5,9-10,17H,3,6-8,11-15H2,1H3,(H,21,23). The summed E-state index contributed by atoms with van der Waals surface area (Å²) in [5, 5.41) is 3.17. The molecule has 3 rings (SSSR count). The average Bonchev–Trinajstić information content (AvgIpc) is 3.04. The first-order chi connectivity index (χ1) is 12.1. The minimum Gasteiger partial charge on any atom is -0.445 e. The summed E-state index contributed by atoms with van der Waals surface area (Å²) in [5.74, 6) is -0.0337. The third-order valence-electron chi connectivity index (χ3n) is 5.50. The molecule has 1 heterocycles. The Kier molecular flexibility index (Phi) is 5.61. The zero-order valence-electron chi connectivity index (χ0n) is 15.0. The lowest BCUT2D eigenvalue weighted by Gasteiger charge is -2.35. The molecule has 136 valence electrons. The predicted molar refractivity (Wildman–Crippen MR) is 96.0 cm³/mol. The van der Waals surface area contributed by atoms with Gasteiger partial charge in [-0.15, -0.1) is 0 Å². The number of carbonyl (C=O) groups is 2. The van der Waals surface area contributed by atoms with Crippen molar-refractivity contribution < 1.29 is 14.3 Å². The highest BCUT2D eigenvalue weighted by atomic mass is 16.6. The molecule has 5 heteroatoms. The van der Waals surface area contributed by atoms with Crippen molar-refractivity contribution in [1.82, 2.24) is 10.2 Å². The molecular weight excluding hydrogens is 316 g/mol. The van der Waals surface area contributed by atoms with Crippen LogP contribution < -0.4 is 5.32 Å². The van der Waals surface area contributed by atoms with Gasteiger partial charge in [-0.1, -0.05) is 49.6 Å². The summed E-state index contributed by atoms with van der Waals surface area (Å²) in [6.07, 6.45) is 6.79. The maximum absolute atomic E-state index is 12.9. The highest BCUT2D eigenvalue weighted by molar-refractivity contribution is 5.90. The fraction of sp³-hybridized carbons (Fsp3) is 0.600. The summed E-state index contributed by atoms with van der Waals surface area (Å²) in [4.78, 5) is 27.0. The molecule has 2 amide bonds. The number of likely N-dealkylation sites (tertiary alicyclic amines) is 1. The van der Waals surface area contributed by atoms with E-state index in [2.05, 4.69) is 5.32 Å². The Bertz CT molecular complexity index is 598. The van der Waals surface area contributed by atoms with Crippen molar-refractivity contribution in [2.45, 2.75) is 70.1 Å². The molecule has 1 saturated carbocycles. The third kappa shape index (κ3) is 4.14. The smallest absolute Gasteiger partial charge is 0.410 e. The molecule has 1 aromatic carbocycles. The molecular formula is C20H28N2O3. The summed E-state index contributed by atoms with van der Waals surface area (Å²) in [7, 11) is 0. The van der Waals surface area contributed by atoms with E-state index in [0.29, 0.717) is 13.0 Å². The summed E-state index contributed by atoms with van der Waals surface area (Å²) in [5.41, 5.74) is 0.147. The van der Waals surface area contributed by atoms with E-state index in [9.17, 15) is 9.59 Å². The van der Waals surface area contributed by atoms with E-state index >= 15 is 0 Å². The number of ether oxygens (including phenoxy) is 1. The van der Waals surface area contributed by atoms with Crippen molar-refractivity contribution in [3.05, 3.63) is 35.9 Å². The molecule has 1 aliphatic carbocycles. The number of nitrogens with one attached hydrogen (secondary N) is 1. The third-order valence-corrected chi connectivity index (χ3v) is 5.50. The maximum Gasteiger partial charge on any atom is 0.410 e. The number of amides is 2. The lowest BCUT2D eigenvalue weighted by atomic mass is 9.92. The van der Waals surface area contributed by atoms with Crippen molar-refractivity contribution in [3.63, 3.8) is 0 Å². The number of hydrogen-bond donors (Lipinski definition) is 1. The quantitative estimate of drug-likeness (QED) is 0.907. The van der Waals surface area contributed by atoms with Crippen molar-refractivity contribution in [3.8, 4) is 0 Å². The van der Waals surface area contributed by atoms with Crippen LogP contribution in [0.1, 0.15) is 57.4 Å². The number of carbonyl (C=O) groups excluding carboxylic acids is 2. The second-order valence-corrected chi connectivity index (χ2v) is 7.38. The number of rotatable bonds is 4. The highest BCUT2D eigenvalue weighted by Crippen LogP contribution is 2.31. The molecule has 1 N–H and O–H groups in total. The van der Waals surface area contributed by atoms with Gasteiger partial charge in [-0.05, 0) is 38.2 Å². The molecule has 1 unspecified atom stereocenters. The van der Waals surface area contributed by atoms with Gasteiger partial charge in [0.25, 0.3) is 0 Å². The Morgan fingerprint density at radius 1 is 1.16 bits per heavy atom. The van der Waals surface area contributed by atoms with Gasteiger partial charge >= 0.3 is 6.09 Å². The number of hydrogen-bond acceptors (Lipinski definition) is 3. The van der Waals surface area contributed by atoms with E-state index < -0.39 is 11.6 Å². The van der Waals surface area contributed by atoms with Crippen LogP contribution in [0, 0.1) is 0 Å². The van der Waals surface area contributed by atoms with Crippen LogP contribution in [-0.4, -0.2) is 35.0 Å². The largest absolute Gasteiger partial charge is 0.445 e. The summed E-state index contributed by atoms with van der Waals surface area (Å²) in [6, 6.07) is 9.86. The Morgan fingerprint density at radius 2 is 1.88 bits per heavy atom. The second kappa shape index (κ2) is 7.89. The number of nitrogens with zero attached hydrogens (tertiary/aromatic N) is 1. The molecule has 2 aliphatic rings. The topological polar surface area (TPSA) is 58.6 Å². The predicted octanol–water partition coefficient (Wildman–Crippen LogP) is 3.63. The van der Waals surface area contributed by atoms with Gasteiger partial charge in [0.1, 0.15) is 12.1 Å². The monoisotopic (exact) mass is 344 g/mol. The van der Waals surface area contributed by atoms with Crippen LogP contribution in [0.25, 0.3) is 0 Å². The summed E-state index contributed by atoms with van der Waals surface area (Å²) < 4.78 is 5.45. The van der Waals surface area contributed by atoms with Crippen LogP contribution in [0.3, 0.4) is 0 Å². The normalized spacial score (nSPS) is 24.1. The molecule has 1 atom stereocenters. The summed E-state index contributed by atoms with van der Waals surface area (Å²) >= 11 is 0. The van der Waals surface area contributed by atoms with E-state index in [4.69, 9.17) is 4.74 Å². The van der Waals surface area contributed by atoms with Crippen LogP contribution in [-0.2, 0) is 16.1 Å². The van der Waals surface area contributed by atoms with Gasteiger partial charge in [0.15, 0.2) is 0 Å². The number of benzene rings is 1. The molecule has 1 aliphatic heterocycles. The van der Waals surface area contributed by atoms with Gasteiger partial charge < -0.3 is 10.1 Å². The maximum atomic E-state index is 12.9. The van der Waals surface area contributed by atoms with Crippen molar-refractivity contribution >= 4 is 12.0 Å². The molecule has 2 fully saturated rings. The minimum absolute atomic E-state index is 0.0337. The molecule has 0 aromatic heterocycles. The second-order valence-electron chi connectivity index (χ2n) is 7.38. The van der Waals surface area contributed by atoms with Gasteiger partial charge in [-0.3, -0.25) is 9.69 Å². The van der Waals surface area contributed by atoms with Crippen LogP contribution in [0.4, 0.5) is 4.79 Å². The molecule has 0 spiro atoms. The van der Waals surface area contributed by atoms with E-state index in [1.807, 2.05) is 37.3 Å². The van der Waals surface area contributed by atoms with Crippen LogP contribution >= 0.6 is 0 Å². The average molecular weight is 344 g/mol. The lowest BCUT2D eigenvalue weighted by Crippen LogP contribution is -2.57. The zero-order valence-corrected chi connectivity index (χ0v) is 15.0. The Labute approximate surface area is 149 Å². The Morgan fingerprint density at radius 3 is 2.60 bits per heavy atom. The van der Waals surface area contributed by atoms with E-state index in [0.717, 1.165) is 24.8 Å². The van der Waals surface area contributed by atoms with Crippen LogP contribution in [0.5, 0.6) is 0 Å². The molecule has 0 radical (unpaired) electrons. The molecule has 1 saturated heterocycles. The first-order valence-corrected chi connectivity index (χ1v) is 9.39. The van der Waals surface area contributed by atoms with Crippen LogP contribution in [0.15, 0.2) is 30.3 Å². The van der Waals surface area contributed by atoms with Crippen molar-refractivity contribution in [2.75, 3.05) is 6.54 Å². The Balaban J connectivity index is 1.59. The molecule has 25 heavy (non-hydrogen) atoms. The van der Waals surface area contributed by atoms with Gasteiger partial charge in [-0.2, -0.15) is 0 Å².